The van der Waals surface area contributed by atoms with E-state index < -0.39 is 10.0 Å². The van der Waals surface area contributed by atoms with E-state index in [4.69, 9.17) is 4.74 Å². The van der Waals surface area contributed by atoms with E-state index in [9.17, 15) is 18.0 Å². The first-order valence-corrected chi connectivity index (χ1v) is 12.6. The second kappa shape index (κ2) is 10.5. The molecule has 1 aliphatic carbocycles. The van der Waals surface area contributed by atoms with Gasteiger partial charge in [-0.25, -0.2) is 13.2 Å². The molecule has 1 aromatic rings. The fourth-order valence-electron chi connectivity index (χ4n) is 4.28. The lowest BCUT2D eigenvalue weighted by atomic mass is 9.96. The van der Waals surface area contributed by atoms with Crippen LogP contribution < -0.4 is 5.32 Å². The second-order valence-corrected chi connectivity index (χ2v) is 10.3. The smallest absolute Gasteiger partial charge is 0.409 e. The lowest BCUT2D eigenvalue weighted by molar-refractivity contribution is 0.0860. The molecule has 172 valence electrons. The van der Waals surface area contributed by atoms with Crippen molar-refractivity contribution in [3.8, 4) is 0 Å². The molecule has 0 aromatic heterocycles. The predicted octanol–water partition coefficient (Wildman–Crippen LogP) is 2.99. The number of carbonyl (C=O) groups excluding carboxylic acids is 2. The summed E-state index contributed by atoms with van der Waals surface area (Å²) in [6.07, 6.45) is 6.06. The lowest BCUT2D eigenvalue weighted by Crippen LogP contribution is -2.46. The van der Waals surface area contributed by atoms with Gasteiger partial charge in [0.2, 0.25) is 10.0 Å². The average Bonchev–Trinajstić information content (AvgIpc) is 2.79. The molecule has 1 heterocycles. The zero-order valence-electron chi connectivity index (χ0n) is 18.4. The number of hydrogen-bond donors (Lipinski definition) is 1. The third kappa shape index (κ3) is 5.77. The van der Waals surface area contributed by atoms with Crippen LogP contribution in [0.2, 0.25) is 0 Å². The van der Waals surface area contributed by atoms with E-state index in [-0.39, 0.29) is 29.0 Å². The minimum Gasteiger partial charge on any atom is -0.450 e. The quantitative estimate of drug-likeness (QED) is 0.717. The fraction of sp³-hybridized carbons (Fsp3) is 0.636. The van der Waals surface area contributed by atoms with Crippen LogP contribution in [-0.4, -0.2) is 68.5 Å². The van der Waals surface area contributed by atoms with E-state index in [1.165, 1.54) is 16.4 Å². The van der Waals surface area contributed by atoms with Crippen molar-refractivity contribution < 1.29 is 22.7 Å². The summed E-state index contributed by atoms with van der Waals surface area (Å²) in [5.74, 6) is -0.237. The van der Waals surface area contributed by atoms with Crippen LogP contribution >= 0.6 is 0 Å². The molecule has 9 heteroatoms. The number of ether oxygens (including phenoxy) is 1. The van der Waals surface area contributed by atoms with E-state index in [1.54, 1.807) is 31.0 Å². The molecule has 0 bridgehead atoms. The van der Waals surface area contributed by atoms with Crippen LogP contribution in [0, 0.1) is 0 Å². The van der Waals surface area contributed by atoms with Crippen molar-refractivity contribution in [3.05, 3.63) is 29.8 Å². The predicted molar refractivity (Wildman–Crippen MR) is 117 cm³/mol. The molecule has 31 heavy (non-hydrogen) atoms. The highest BCUT2D eigenvalue weighted by Crippen LogP contribution is 2.26. The number of amides is 2. The van der Waals surface area contributed by atoms with E-state index in [2.05, 4.69) is 5.32 Å². The highest BCUT2D eigenvalue weighted by Gasteiger charge is 2.29. The Kier molecular flexibility index (Phi) is 7.94. The number of nitrogens with one attached hydrogen (secondary N) is 1. The number of hydrogen-bond acceptors (Lipinski definition) is 5. The molecule has 1 saturated heterocycles. The molecule has 3 rings (SSSR count). The molecule has 1 N–H and O–H groups in total. The molecule has 0 unspecified atom stereocenters. The van der Waals surface area contributed by atoms with Crippen molar-refractivity contribution in [2.75, 3.05) is 26.7 Å². The van der Waals surface area contributed by atoms with Gasteiger partial charge in [0.25, 0.3) is 5.91 Å². The fourth-order valence-corrected chi connectivity index (χ4v) is 5.69. The number of rotatable bonds is 6. The maximum Gasteiger partial charge on any atom is 0.409 e. The third-order valence-electron chi connectivity index (χ3n) is 6.24. The third-order valence-corrected chi connectivity index (χ3v) is 8.16. The van der Waals surface area contributed by atoms with Gasteiger partial charge in [0.1, 0.15) is 0 Å². The van der Waals surface area contributed by atoms with Crippen molar-refractivity contribution in [2.24, 2.45) is 0 Å². The zero-order valence-corrected chi connectivity index (χ0v) is 19.2. The van der Waals surface area contributed by atoms with Crippen LogP contribution in [-0.2, 0) is 14.8 Å². The van der Waals surface area contributed by atoms with E-state index in [0.29, 0.717) is 38.1 Å². The van der Waals surface area contributed by atoms with Gasteiger partial charge in [0, 0.05) is 37.8 Å². The Bertz CT molecular complexity index is 858. The van der Waals surface area contributed by atoms with E-state index in [0.717, 1.165) is 32.1 Å². The summed E-state index contributed by atoms with van der Waals surface area (Å²) in [7, 11) is -1.93. The molecular formula is C22H33N3O5S. The van der Waals surface area contributed by atoms with E-state index >= 15 is 0 Å². The molecule has 0 atom stereocenters. The zero-order chi connectivity index (χ0) is 22.4. The van der Waals surface area contributed by atoms with Crippen molar-refractivity contribution in [3.63, 3.8) is 0 Å². The lowest BCUT2D eigenvalue weighted by Gasteiger charge is -2.31. The van der Waals surface area contributed by atoms with Crippen molar-refractivity contribution in [2.45, 2.75) is 68.8 Å². The van der Waals surface area contributed by atoms with Gasteiger partial charge in [0.15, 0.2) is 0 Å². The number of carbonyl (C=O) groups is 2. The van der Waals surface area contributed by atoms with Gasteiger partial charge in [-0.2, -0.15) is 4.31 Å². The van der Waals surface area contributed by atoms with Gasteiger partial charge >= 0.3 is 6.09 Å². The Morgan fingerprint density at radius 3 is 2.26 bits per heavy atom. The summed E-state index contributed by atoms with van der Waals surface area (Å²) in [5, 5.41) is 2.98. The molecule has 1 aliphatic heterocycles. The largest absolute Gasteiger partial charge is 0.450 e. The van der Waals surface area contributed by atoms with Crippen LogP contribution in [0.3, 0.4) is 0 Å². The first-order chi connectivity index (χ1) is 14.8. The molecule has 0 radical (unpaired) electrons. The Labute approximate surface area is 185 Å². The Hall–Kier alpha value is -2.13. The minimum absolute atomic E-state index is 0.0287. The number of nitrogens with zero attached hydrogens (tertiary/aromatic N) is 2. The average molecular weight is 452 g/mol. The van der Waals surface area contributed by atoms with Gasteiger partial charge < -0.3 is 15.0 Å². The van der Waals surface area contributed by atoms with Crippen molar-refractivity contribution >= 4 is 22.0 Å². The Morgan fingerprint density at radius 2 is 1.68 bits per heavy atom. The highest BCUT2D eigenvalue weighted by atomic mass is 32.2. The normalized spacial score (nSPS) is 18.7. The van der Waals surface area contributed by atoms with Crippen LogP contribution in [0.1, 0.15) is 62.2 Å². The summed E-state index contributed by atoms with van der Waals surface area (Å²) in [4.78, 5) is 26.2. The topological polar surface area (TPSA) is 96.0 Å². The molecular weight excluding hydrogens is 418 g/mol. The molecule has 0 spiro atoms. The van der Waals surface area contributed by atoms with Crippen LogP contribution in [0.25, 0.3) is 0 Å². The first-order valence-electron chi connectivity index (χ1n) is 11.1. The Balaban J connectivity index is 1.56. The monoisotopic (exact) mass is 451 g/mol. The highest BCUT2D eigenvalue weighted by molar-refractivity contribution is 7.89. The van der Waals surface area contributed by atoms with Gasteiger partial charge in [-0.05, 0) is 56.9 Å². The van der Waals surface area contributed by atoms with Crippen LogP contribution in [0.5, 0.6) is 0 Å². The van der Waals surface area contributed by atoms with Gasteiger partial charge in [-0.1, -0.05) is 19.3 Å². The molecule has 2 amide bonds. The summed E-state index contributed by atoms with van der Waals surface area (Å²) in [5.41, 5.74) is 0.423. The molecule has 1 saturated carbocycles. The number of benzene rings is 1. The summed E-state index contributed by atoms with van der Waals surface area (Å²) in [6.45, 7) is 3.19. The molecule has 1 aromatic carbocycles. The summed E-state index contributed by atoms with van der Waals surface area (Å²) >= 11 is 0. The molecule has 8 nitrogen and oxygen atoms in total. The molecule has 2 fully saturated rings. The Morgan fingerprint density at radius 1 is 1.06 bits per heavy atom. The van der Waals surface area contributed by atoms with Gasteiger partial charge in [-0.3, -0.25) is 4.79 Å². The summed E-state index contributed by atoms with van der Waals surface area (Å²) in [6, 6.07) is 6.15. The van der Waals surface area contributed by atoms with Gasteiger partial charge in [-0.15, -0.1) is 0 Å². The number of likely N-dealkylation sites (tertiary alicyclic amines) is 1. The van der Waals surface area contributed by atoms with Crippen molar-refractivity contribution in [1.29, 1.82) is 0 Å². The maximum atomic E-state index is 12.9. The van der Waals surface area contributed by atoms with Crippen LogP contribution in [0.15, 0.2) is 29.2 Å². The van der Waals surface area contributed by atoms with Gasteiger partial charge in [0.05, 0.1) is 11.5 Å². The standard InChI is InChI=1S/C22H33N3O5S/c1-3-30-22(27)25-15-13-18(14-16-25)23-21(26)17-9-11-20(12-10-17)31(28,29)24(2)19-7-5-4-6-8-19/h9-12,18-19H,3-8,13-16H2,1-2H3,(H,23,26). The first kappa shape index (κ1) is 23.5. The maximum absolute atomic E-state index is 12.9. The SMILES string of the molecule is CCOC(=O)N1CCC(NC(=O)c2ccc(S(=O)(=O)N(C)C3CCCCC3)cc2)CC1. The van der Waals surface area contributed by atoms with E-state index in [1.807, 2.05) is 0 Å². The van der Waals surface area contributed by atoms with Crippen molar-refractivity contribution in [1.82, 2.24) is 14.5 Å². The summed E-state index contributed by atoms with van der Waals surface area (Å²) < 4.78 is 32.4. The number of sulfonamides is 1. The number of piperidine rings is 1. The van der Waals surface area contributed by atoms with Crippen LogP contribution in [0.4, 0.5) is 4.79 Å². The second-order valence-electron chi connectivity index (χ2n) is 8.27. The minimum atomic E-state index is -3.58. The molecule has 2 aliphatic rings.